The molecular weight excluding hydrogens is 208 g/mol. The number of aliphatic hydroxyl groups is 1. The van der Waals surface area contributed by atoms with Crippen LogP contribution in [0, 0.1) is 5.92 Å². The molecule has 0 saturated carbocycles. The molecule has 0 aliphatic heterocycles. The summed E-state index contributed by atoms with van der Waals surface area (Å²) in [6, 6.07) is -0.603. The lowest BCUT2D eigenvalue weighted by Crippen LogP contribution is -2.44. The second-order valence-electron chi connectivity index (χ2n) is 3.97. The van der Waals surface area contributed by atoms with Crippen molar-refractivity contribution in [2.45, 2.75) is 45.6 Å². The van der Waals surface area contributed by atoms with Gasteiger partial charge in [-0.1, -0.05) is 20.3 Å². The van der Waals surface area contributed by atoms with Gasteiger partial charge in [-0.15, -0.1) is 0 Å². The highest BCUT2D eigenvalue weighted by Gasteiger charge is 2.18. The van der Waals surface area contributed by atoms with E-state index in [9.17, 15) is 9.59 Å². The molecule has 16 heavy (non-hydrogen) atoms. The van der Waals surface area contributed by atoms with Crippen LogP contribution in [0.5, 0.6) is 0 Å². The van der Waals surface area contributed by atoms with E-state index in [4.69, 9.17) is 10.8 Å². The molecule has 0 aliphatic rings. The summed E-state index contributed by atoms with van der Waals surface area (Å²) in [7, 11) is 0. The Labute approximate surface area is 96.4 Å². The maximum atomic E-state index is 11.5. The van der Waals surface area contributed by atoms with Crippen molar-refractivity contribution >= 4 is 11.8 Å². The highest BCUT2D eigenvalue weighted by Crippen LogP contribution is 2.10. The predicted octanol–water partition coefficient (Wildman–Crippen LogP) is 0.165. The maximum absolute atomic E-state index is 11.5. The molecule has 0 heterocycles. The summed E-state index contributed by atoms with van der Waals surface area (Å²) in [4.78, 5) is 22.4. The zero-order valence-corrected chi connectivity index (χ0v) is 10.0. The molecule has 0 aromatic heterocycles. The van der Waals surface area contributed by atoms with Gasteiger partial charge in [0, 0.05) is 13.0 Å². The van der Waals surface area contributed by atoms with Crippen LogP contribution in [0.2, 0.25) is 0 Å². The van der Waals surface area contributed by atoms with E-state index in [-0.39, 0.29) is 24.9 Å². The zero-order valence-electron chi connectivity index (χ0n) is 10.0. The first-order valence-corrected chi connectivity index (χ1v) is 5.74. The lowest BCUT2D eigenvalue weighted by molar-refractivity contribution is -0.128. The van der Waals surface area contributed by atoms with Crippen molar-refractivity contribution in [1.29, 1.82) is 0 Å². The Bertz CT molecular complexity index is 231. The summed E-state index contributed by atoms with van der Waals surface area (Å²) < 4.78 is 0. The molecule has 2 unspecified atom stereocenters. The van der Waals surface area contributed by atoms with Gasteiger partial charge in [-0.2, -0.15) is 0 Å². The summed E-state index contributed by atoms with van der Waals surface area (Å²) in [5.41, 5.74) is 5.11. The van der Waals surface area contributed by atoms with Gasteiger partial charge in [-0.25, -0.2) is 0 Å². The second-order valence-corrected chi connectivity index (χ2v) is 3.97. The molecule has 0 aromatic rings. The predicted molar refractivity (Wildman–Crippen MR) is 61.5 cm³/mol. The topological polar surface area (TPSA) is 92.4 Å². The molecule has 0 aromatic carbocycles. The Kier molecular flexibility index (Phi) is 7.54. The fourth-order valence-electron chi connectivity index (χ4n) is 1.56. The fourth-order valence-corrected chi connectivity index (χ4v) is 1.56. The Morgan fingerprint density at radius 1 is 1.38 bits per heavy atom. The third kappa shape index (κ3) is 5.70. The van der Waals surface area contributed by atoms with Gasteiger partial charge >= 0.3 is 0 Å². The first-order chi connectivity index (χ1) is 7.54. The maximum Gasteiger partial charge on any atom is 0.239 e. The number of amides is 2. The molecule has 2 amide bonds. The number of aliphatic hydroxyl groups excluding tert-OH is 1. The van der Waals surface area contributed by atoms with Crippen LogP contribution in [-0.2, 0) is 9.59 Å². The van der Waals surface area contributed by atoms with Crippen molar-refractivity contribution < 1.29 is 14.7 Å². The van der Waals surface area contributed by atoms with E-state index >= 15 is 0 Å². The highest BCUT2D eigenvalue weighted by atomic mass is 16.3. The summed E-state index contributed by atoms with van der Waals surface area (Å²) in [6.07, 6.45) is 2.45. The first kappa shape index (κ1) is 14.9. The Morgan fingerprint density at radius 3 is 2.38 bits per heavy atom. The van der Waals surface area contributed by atoms with Gasteiger partial charge in [0.25, 0.3) is 0 Å². The molecule has 0 bridgehead atoms. The number of primary amides is 1. The third-order valence-electron chi connectivity index (χ3n) is 2.52. The molecule has 0 fully saturated rings. The van der Waals surface area contributed by atoms with Gasteiger partial charge in [-0.05, 0) is 18.8 Å². The Morgan fingerprint density at radius 2 is 2.00 bits per heavy atom. The summed E-state index contributed by atoms with van der Waals surface area (Å²) in [6.45, 7) is 3.78. The number of hydrogen-bond acceptors (Lipinski definition) is 3. The quantitative estimate of drug-likeness (QED) is 0.555. The lowest BCUT2D eigenvalue weighted by atomic mass is 10.0. The van der Waals surface area contributed by atoms with Gasteiger partial charge in [0.05, 0.1) is 0 Å². The van der Waals surface area contributed by atoms with Crippen LogP contribution in [0.3, 0.4) is 0 Å². The van der Waals surface area contributed by atoms with Crippen LogP contribution < -0.4 is 11.1 Å². The number of carbonyl (C=O) groups excluding carboxylic acids is 2. The van der Waals surface area contributed by atoms with Gasteiger partial charge in [0.2, 0.25) is 11.8 Å². The number of rotatable bonds is 8. The molecule has 0 saturated heterocycles. The zero-order chi connectivity index (χ0) is 12.6. The van der Waals surface area contributed by atoms with E-state index < -0.39 is 11.9 Å². The molecule has 94 valence electrons. The third-order valence-corrected chi connectivity index (χ3v) is 2.52. The molecule has 0 rings (SSSR count). The van der Waals surface area contributed by atoms with E-state index in [1.165, 1.54) is 0 Å². The van der Waals surface area contributed by atoms with Crippen molar-refractivity contribution in [1.82, 2.24) is 5.32 Å². The van der Waals surface area contributed by atoms with Gasteiger partial charge in [-0.3, -0.25) is 9.59 Å². The van der Waals surface area contributed by atoms with E-state index in [0.717, 1.165) is 12.8 Å². The van der Waals surface area contributed by atoms with Crippen molar-refractivity contribution in [2.75, 3.05) is 6.61 Å². The number of nitrogens with one attached hydrogen (secondary N) is 1. The summed E-state index contributed by atoms with van der Waals surface area (Å²) in [5.74, 6) is -0.777. The minimum absolute atomic E-state index is 0.00533. The Hall–Kier alpha value is -1.10. The van der Waals surface area contributed by atoms with Crippen LogP contribution in [0.25, 0.3) is 0 Å². The fraction of sp³-hybridized carbons (Fsp3) is 0.818. The van der Waals surface area contributed by atoms with Gasteiger partial charge in [0.15, 0.2) is 0 Å². The normalized spacial score (nSPS) is 14.2. The van der Waals surface area contributed by atoms with E-state index in [1.807, 2.05) is 6.92 Å². The molecule has 5 nitrogen and oxygen atoms in total. The van der Waals surface area contributed by atoms with E-state index in [2.05, 4.69) is 5.32 Å². The Balaban J connectivity index is 4.09. The second kappa shape index (κ2) is 8.10. The van der Waals surface area contributed by atoms with Crippen LogP contribution in [0.4, 0.5) is 0 Å². The SMILES string of the molecule is CCCC(CO)CC(=O)NC(CC)C(N)=O. The molecule has 4 N–H and O–H groups in total. The van der Waals surface area contributed by atoms with Crippen LogP contribution in [-0.4, -0.2) is 29.6 Å². The molecule has 2 atom stereocenters. The molecule has 5 heteroatoms. The summed E-state index contributed by atoms with van der Waals surface area (Å²) >= 11 is 0. The average Bonchev–Trinajstić information content (AvgIpc) is 2.24. The van der Waals surface area contributed by atoms with Crippen molar-refractivity contribution in [3.63, 3.8) is 0 Å². The minimum Gasteiger partial charge on any atom is -0.396 e. The van der Waals surface area contributed by atoms with Crippen molar-refractivity contribution in [2.24, 2.45) is 11.7 Å². The monoisotopic (exact) mass is 230 g/mol. The van der Waals surface area contributed by atoms with E-state index in [1.54, 1.807) is 6.92 Å². The van der Waals surface area contributed by atoms with E-state index in [0.29, 0.717) is 6.42 Å². The molecule has 0 radical (unpaired) electrons. The number of hydrogen-bond donors (Lipinski definition) is 3. The highest BCUT2D eigenvalue weighted by molar-refractivity contribution is 5.86. The molecule has 0 spiro atoms. The standard InChI is InChI=1S/C11H22N2O3/c1-3-5-8(7-14)6-10(15)13-9(4-2)11(12)16/h8-9,14H,3-7H2,1-2H3,(H2,12,16)(H,13,15). The summed E-state index contributed by atoms with van der Waals surface area (Å²) in [5, 5.41) is 11.6. The first-order valence-electron chi connectivity index (χ1n) is 5.74. The largest absolute Gasteiger partial charge is 0.396 e. The average molecular weight is 230 g/mol. The molecule has 0 aliphatic carbocycles. The van der Waals surface area contributed by atoms with Crippen molar-refractivity contribution in [3.05, 3.63) is 0 Å². The van der Waals surface area contributed by atoms with Crippen LogP contribution >= 0.6 is 0 Å². The lowest BCUT2D eigenvalue weighted by Gasteiger charge is -2.16. The number of carbonyl (C=O) groups is 2. The smallest absolute Gasteiger partial charge is 0.239 e. The van der Waals surface area contributed by atoms with Crippen LogP contribution in [0.1, 0.15) is 39.5 Å². The van der Waals surface area contributed by atoms with Crippen LogP contribution in [0.15, 0.2) is 0 Å². The molecular formula is C11H22N2O3. The van der Waals surface area contributed by atoms with Gasteiger partial charge < -0.3 is 16.2 Å². The van der Waals surface area contributed by atoms with Gasteiger partial charge in [0.1, 0.15) is 6.04 Å². The van der Waals surface area contributed by atoms with Crippen molar-refractivity contribution in [3.8, 4) is 0 Å². The number of nitrogens with two attached hydrogens (primary N) is 1. The minimum atomic E-state index is -0.603.